The van der Waals surface area contributed by atoms with Crippen molar-refractivity contribution >= 4 is 11.7 Å². The molecule has 2 aromatic heterocycles. The molecule has 0 saturated carbocycles. The lowest BCUT2D eigenvalue weighted by atomic mass is 10.4. The van der Waals surface area contributed by atoms with Crippen LogP contribution < -0.4 is 5.32 Å². The van der Waals surface area contributed by atoms with Gasteiger partial charge in [0.1, 0.15) is 5.69 Å². The second-order valence-corrected chi connectivity index (χ2v) is 2.90. The summed E-state index contributed by atoms with van der Waals surface area (Å²) < 4.78 is 36.9. The van der Waals surface area contributed by atoms with Crippen molar-refractivity contribution < 1.29 is 18.0 Å². The fourth-order valence-corrected chi connectivity index (χ4v) is 1.13. The molecule has 0 bridgehead atoms. The number of aromatic nitrogens is 3. The van der Waals surface area contributed by atoms with E-state index in [0.717, 1.165) is 5.32 Å². The maximum absolute atomic E-state index is 11.9. The number of hydrogen-bond donors (Lipinski definition) is 1. The Kier molecular flexibility index (Phi) is 2.26. The molecule has 0 radical (unpaired) electrons. The Labute approximate surface area is 86.9 Å². The topological polar surface area (TPSA) is 59.3 Å². The van der Waals surface area contributed by atoms with Gasteiger partial charge in [0.05, 0.1) is 0 Å². The van der Waals surface area contributed by atoms with Crippen LogP contribution in [0.5, 0.6) is 0 Å². The molecule has 2 aromatic rings. The SMILES string of the molecule is O=C(NC(F)(F)F)c1cn2cccnc2n1. The molecule has 1 N–H and O–H groups in total. The maximum atomic E-state index is 11.9. The molecule has 0 aliphatic carbocycles. The van der Waals surface area contributed by atoms with E-state index in [1.807, 2.05) is 0 Å². The average molecular weight is 230 g/mol. The number of fused-ring (bicyclic) bond motifs is 1. The lowest BCUT2D eigenvalue weighted by Gasteiger charge is -2.05. The first kappa shape index (κ1) is 10.4. The predicted molar refractivity (Wildman–Crippen MR) is 46.5 cm³/mol. The largest absolute Gasteiger partial charge is 0.484 e. The molecule has 84 valence electrons. The van der Waals surface area contributed by atoms with Crippen LogP contribution in [0, 0.1) is 0 Å². The Bertz CT molecular complexity index is 500. The van der Waals surface area contributed by atoms with E-state index in [1.165, 1.54) is 23.0 Å². The number of halogens is 3. The molecule has 0 spiro atoms. The molecular formula is C8H5F3N4O. The number of carbonyl (C=O) groups excluding carboxylic acids is 1. The van der Waals surface area contributed by atoms with E-state index in [0.29, 0.717) is 0 Å². The van der Waals surface area contributed by atoms with Gasteiger partial charge in [0, 0.05) is 18.6 Å². The van der Waals surface area contributed by atoms with Crippen molar-refractivity contribution in [3.8, 4) is 0 Å². The number of nitrogens with zero attached hydrogens (tertiary/aromatic N) is 3. The maximum Gasteiger partial charge on any atom is 0.484 e. The van der Waals surface area contributed by atoms with Crippen LogP contribution >= 0.6 is 0 Å². The summed E-state index contributed by atoms with van der Waals surface area (Å²) in [4.78, 5) is 18.5. The molecule has 0 atom stereocenters. The van der Waals surface area contributed by atoms with Crippen molar-refractivity contribution in [2.75, 3.05) is 0 Å². The third kappa shape index (κ3) is 2.10. The Morgan fingerprint density at radius 1 is 1.44 bits per heavy atom. The predicted octanol–water partition coefficient (Wildman–Crippen LogP) is 0.979. The fraction of sp³-hybridized carbons (Fsp3) is 0.125. The Morgan fingerprint density at radius 3 is 2.81 bits per heavy atom. The summed E-state index contributed by atoms with van der Waals surface area (Å²) in [5.74, 6) is -1.15. The van der Waals surface area contributed by atoms with Gasteiger partial charge in [0.25, 0.3) is 5.91 Å². The van der Waals surface area contributed by atoms with E-state index in [9.17, 15) is 18.0 Å². The zero-order valence-corrected chi connectivity index (χ0v) is 7.69. The van der Waals surface area contributed by atoms with E-state index in [-0.39, 0.29) is 11.5 Å². The van der Waals surface area contributed by atoms with Gasteiger partial charge in [0.15, 0.2) is 0 Å². The summed E-state index contributed by atoms with van der Waals surface area (Å²) in [5, 5.41) is 0.854. The first-order chi connectivity index (χ1) is 7.46. The molecule has 0 aliphatic heterocycles. The van der Waals surface area contributed by atoms with Crippen LogP contribution in [-0.4, -0.2) is 26.6 Å². The summed E-state index contributed by atoms with van der Waals surface area (Å²) in [5.41, 5.74) is -0.337. The summed E-state index contributed by atoms with van der Waals surface area (Å²) >= 11 is 0. The van der Waals surface area contributed by atoms with Gasteiger partial charge in [-0.15, -0.1) is 0 Å². The van der Waals surface area contributed by atoms with Gasteiger partial charge in [-0.2, -0.15) is 13.2 Å². The number of imidazole rings is 1. The number of amides is 1. The summed E-state index contributed by atoms with van der Waals surface area (Å²) in [6, 6.07) is 1.57. The summed E-state index contributed by atoms with van der Waals surface area (Å²) in [7, 11) is 0. The zero-order valence-electron chi connectivity index (χ0n) is 7.69. The fourth-order valence-electron chi connectivity index (χ4n) is 1.13. The highest BCUT2D eigenvalue weighted by molar-refractivity contribution is 5.92. The van der Waals surface area contributed by atoms with Crippen molar-refractivity contribution in [1.82, 2.24) is 19.7 Å². The molecule has 5 nitrogen and oxygen atoms in total. The van der Waals surface area contributed by atoms with Crippen LogP contribution in [0.2, 0.25) is 0 Å². The highest BCUT2D eigenvalue weighted by atomic mass is 19.4. The zero-order chi connectivity index (χ0) is 11.8. The van der Waals surface area contributed by atoms with Crippen LogP contribution in [0.3, 0.4) is 0 Å². The van der Waals surface area contributed by atoms with Gasteiger partial charge in [0.2, 0.25) is 5.78 Å². The third-order valence-electron chi connectivity index (χ3n) is 1.72. The minimum atomic E-state index is -4.76. The normalized spacial score (nSPS) is 11.7. The van der Waals surface area contributed by atoms with Crippen molar-refractivity contribution in [3.63, 3.8) is 0 Å². The van der Waals surface area contributed by atoms with Crippen LogP contribution in [0.15, 0.2) is 24.7 Å². The lowest BCUT2D eigenvalue weighted by molar-refractivity contribution is -0.146. The minimum Gasteiger partial charge on any atom is -0.290 e. The number of nitrogens with one attached hydrogen (secondary N) is 1. The Morgan fingerprint density at radius 2 is 2.19 bits per heavy atom. The molecule has 2 rings (SSSR count). The molecular weight excluding hydrogens is 225 g/mol. The van der Waals surface area contributed by atoms with E-state index >= 15 is 0 Å². The van der Waals surface area contributed by atoms with E-state index in [4.69, 9.17) is 0 Å². The van der Waals surface area contributed by atoms with Crippen LogP contribution in [0.4, 0.5) is 13.2 Å². The smallest absolute Gasteiger partial charge is 0.290 e. The number of hydrogen-bond acceptors (Lipinski definition) is 3. The molecule has 0 unspecified atom stereocenters. The van der Waals surface area contributed by atoms with Crippen molar-refractivity contribution in [3.05, 3.63) is 30.4 Å². The first-order valence-corrected chi connectivity index (χ1v) is 4.15. The minimum absolute atomic E-state index is 0.162. The summed E-state index contributed by atoms with van der Waals surface area (Å²) in [6.07, 6.45) is -0.642. The Balaban J connectivity index is 2.30. The standard InChI is InChI=1S/C8H5F3N4O/c9-8(10,11)14-6(16)5-4-15-3-1-2-12-7(15)13-5/h1-4H,(H,14,16). The van der Waals surface area contributed by atoms with Crippen molar-refractivity contribution in [2.24, 2.45) is 0 Å². The Hall–Kier alpha value is -2.12. The molecule has 0 aliphatic rings. The molecule has 8 heteroatoms. The van der Waals surface area contributed by atoms with E-state index < -0.39 is 12.2 Å². The summed E-state index contributed by atoms with van der Waals surface area (Å²) in [6.45, 7) is 0. The van der Waals surface area contributed by atoms with E-state index in [1.54, 1.807) is 6.07 Å². The van der Waals surface area contributed by atoms with Crippen molar-refractivity contribution in [2.45, 2.75) is 6.30 Å². The molecule has 0 saturated heterocycles. The molecule has 0 fully saturated rings. The highest BCUT2D eigenvalue weighted by Gasteiger charge is 2.31. The van der Waals surface area contributed by atoms with Gasteiger partial charge in [-0.3, -0.25) is 14.5 Å². The number of carbonyl (C=O) groups is 1. The van der Waals surface area contributed by atoms with Gasteiger partial charge in [-0.25, -0.2) is 9.97 Å². The second-order valence-electron chi connectivity index (χ2n) is 2.90. The van der Waals surface area contributed by atoms with Gasteiger partial charge in [-0.05, 0) is 6.07 Å². The second kappa shape index (κ2) is 3.47. The first-order valence-electron chi connectivity index (χ1n) is 4.15. The molecule has 1 amide bonds. The van der Waals surface area contributed by atoms with Crippen LogP contribution in [-0.2, 0) is 0 Å². The van der Waals surface area contributed by atoms with Crippen LogP contribution in [0.1, 0.15) is 10.5 Å². The highest BCUT2D eigenvalue weighted by Crippen LogP contribution is 2.11. The van der Waals surface area contributed by atoms with Gasteiger partial charge < -0.3 is 0 Å². The van der Waals surface area contributed by atoms with Gasteiger partial charge >= 0.3 is 6.30 Å². The average Bonchev–Trinajstić information content (AvgIpc) is 2.58. The monoisotopic (exact) mass is 230 g/mol. The molecule has 0 aromatic carbocycles. The lowest BCUT2D eigenvalue weighted by Crippen LogP contribution is -2.37. The van der Waals surface area contributed by atoms with Crippen LogP contribution in [0.25, 0.3) is 5.78 Å². The quantitative estimate of drug-likeness (QED) is 0.743. The molecule has 2 heterocycles. The van der Waals surface area contributed by atoms with Crippen molar-refractivity contribution in [1.29, 1.82) is 0 Å². The number of alkyl halides is 3. The van der Waals surface area contributed by atoms with Gasteiger partial charge in [-0.1, -0.05) is 0 Å². The molecule has 16 heavy (non-hydrogen) atoms. The third-order valence-corrected chi connectivity index (χ3v) is 1.72. The van der Waals surface area contributed by atoms with E-state index in [2.05, 4.69) is 9.97 Å². The number of rotatable bonds is 1.